The van der Waals surface area contributed by atoms with Crippen LogP contribution in [0.2, 0.25) is 5.02 Å². The zero-order chi connectivity index (χ0) is 30.9. The first-order chi connectivity index (χ1) is 20.5. The number of rotatable bonds is 10. The summed E-state index contributed by atoms with van der Waals surface area (Å²) in [6.45, 7) is 7.55. The third kappa shape index (κ3) is 5.78. The summed E-state index contributed by atoms with van der Waals surface area (Å²) in [5.41, 5.74) is 6.10. The lowest BCUT2D eigenvalue weighted by molar-refractivity contribution is -0.116. The molecule has 0 atom stereocenters. The van der Waals surface area contributed by atoms with Crippen LogP contribution in [0.15, 0.2) is 71.4 Å². The number of imidazole rings is 1. The molecule has 9 nitrogen and oxygen atoms in total. The Kier molecular flexibility index (Phi) is 8.63. The average Bonchev–Trinajstić information content (AvgIpc) is 3.60. The normalized spacial score (nSPS) is 12.2. The lowest BCUT2D eigenvalue weighted by Crippen LogP contribution is -2.27. The maximum absolute atomic E-state index is 13.3. The number of aryl methyl sites for hydroxylation is 3. The van der Waals surface area contributed by atoms with E-state index in [1.54, 1.807) is 61.1 Å². The molecule has 5 aromatic rings. The molecule has 2 aromatic heterocycles. The Hall–Kier alpha value is -3.75. The van der Waals surface area contributed by atoms with Crippen molar-refractivity contribution in [2.45, 2.75) is 58.5 Å². The van der Waals surface area contributed by atoms with Crippen LogP contribution in [0.1, 0.15) is 55.6 Å². The van der Waals surface area contributed by atoms with E-state index < -0.39 is 12.8 Å². The summed E-state index contributed by atoms with van der Waals surface area (Å²) in [5, 5.41) is 2.07. The Morgan fingerprint density at radius 1 is 1.05 bits per heavy atom. The van der Waals surface area contributed by atoms with Gasteiger partial charge in [-0.05, 0) is 67.6 Å². The van der Waals surface area contributed by atoms with Gasteiger partial charge in [0.15, 0.2) is 0 Å². The van der Waals surface area contributed by atoms with Crippen LogP contribution in [0.5, 0.6) is 0 Å². The van der Waals surface area contributed by atoms with Crippen molar-refractivity contribution in [3.63, 3.8) is 0 Å². The van der Waals surface area contributed by atoms with E-state index in [4.69, 9.17) is 21.0 Å². The summed E-state index contributed by atoms with van der Waals surface area (Å²) in [6.07, 6.45) is 2.39. The predicted octanol–water partition coefficient (Wildman–Crippen LogP) is 7.72. The number of benzene rings is 3. The van der Waals surface area contributed by atoms with Gasteiger partial charge in [-0.1, -0.05) is 61.8 Å². The number of anilines is 1. The van der Waals surface area contributed by atoms with Gasteiger partial charge in [0, 0.05) is 29.1 Å². The highest BCUT2D eigenvalue weighted by atomic mass is 35.5. The fourth-order valence-electron chi connectivity index (χ4n) is 5.56. The highest BCUT2D eigenvalue weighted by Crippen LogP contribution is 2.62. The summed E-state index contributed by atoms with van der Waals surface area (Å²) < 4.78 is 20.7. The minimum atomic E-state index is -4.54. The molecule has 224 valence electrons. The first-order valence-electron chi connectivity index (χ1n) is 14.1. The second kappa shape index (κ2) is 12.1. The lowest BCUT2D eigenvalue weighted by Gasteiger charge is -2.34. The SMILES string of the molecule is CCC(CC)(c1ccccc1NC(=O)CCc1oc(-n2cnc3c(C)c(C)ccc32)nc1-c1ccc(Cl)cc1)P(=O)(O)O. The molecule has 0 fully saturated rings. The molecule has 5 rings (SSSR count). The predicted molar refractivity (Wildman–Crippen MR) is 169 cm³/mol. The van der Waals surface area contributed by atoms with Crippen LogP contribution in [0, 0.1) is 13.8 Å². The maximum Gasteiger partial charge on any atom is 0.336 e. The number of halogens is 1. The molecule has 1 amide bonds. The Bertz CT molecular complexity index is 1840. The van der Waals surface area contributed by atoms with Crippen LogP contribution in [0.3, 0.4) is 0 Å². The quantitative estimate of drug-likeness (QED) is 0.136. The number of nitrogens with one attached hydrogen (secondary N) is 1. The van der Waals surface area contributed by atoms with Crippen molar-refractivity contribution in [1.82, 2.24) is 14.5 Å². The van der Waals surface area contributed by atoms with E-state index >= 15 is 0 Å². The van der Waals surface area contributed by atoms with E-state index in [1.807, 2.05) is 38.1 Å². The molecule has 0 unspecified atom stereocenters. The summed E-state index contributed by atoms with van der Waals surface area (Å²) in [6, 6.07) is 18.4. The van der Waals surface area contributed by atoms with Gasteiger partial charge in [-0.2, -0.15) is 4.98 Å². The number of nitrogens with zero attached hydrogens (tertiary/aromatic N) is 3. The summed E-state index contributed by atoms with van der Waals surface area (Å²) in [5.74, 6) is 0.191. The van der Waals surface area contributed by atoms with Crippen molar-refractivity contribution in [2.75, 3.05) is 5.32 Å². The molecule has 0 aliphatic rings. The number of hydrogen-bond acceptors (Lipinski definition) is 5. The van der Waals surface area contributed by atoms with E-state index in [1.165, 1.54) is 0 Å². The first-order valence-corrected chi connectivity index (χ1v) is 16.1. The number of carbonyl (C=O) groups excluding carboxylic acids is 1. The third-order valence-electron chi connectivity index (χ3n) is 8.26. The van der Waals surface area contributed by atoms with Crippen molar-refractivity contribution < 1.29 is 23.6 Å². The molecule has 0 aliphatic heterocycles. The van der Waals surface area contributed by atoms with Crippen molar-refractivity contribution in [1.29, 1.82) is 0 Å². The zero-order valence-electron chi connectivity index (χ0n) is 24.5. The molecule has 0 bridgehead atoms. The van der Waals surface area contributed by atoms with Crippen LogP contribution in [-0.2, 0) is 20.9 Å². The number of aromatic nitrogens is 3. The average molecular weight is 621 g/mol. The van der Waals surface area contributed by atoms with Crippen molar-refractivity contribution in [3.8, 4) is 17.3 Å². The molecule has 0 saturated carbocycles. The van der Waals surface area contributed by atoms with Crippen LogP contribution in [-0.4, -0.2) is 30.2 Å². The van der Waals surface area contributed by atoms with Gasteiger partial charge in [-0.3, -0.25) is 13.9 Å². The first kappa shape index (κ1) is 30.7. The molecule has 0 aliphatic carbocycles. The zero-order valence-corrected chi connectivity index (χ0v) is 26.1. The van der Waals surface area contributed by atoms with Crippen LogP contribution >= 0.6 is 19.2 Å². The van der Waals surface area contributed by atoms with Crippen LogP contribution in [0.4, 0.5) is 5.69 Å². The molecule has 11 heteroatoms. The molecular weight excluding hydrogens is 587 g/mol. The van der Waals surface area contributed by atoms with Crippen LogP contribution < -0.4 is 5.32 Å². The molecule has 3 aromatic carbocycles. The lowest BCUT2D eigenvalue weighted by atomic mass is 9.91. The van der Waals surface area contributed by atoms with Gasteiger partial charge in [0.05, 0.1) is 16.2 Å². The number of amides is 1. The van der Waals surface area contributed by atoms with Gasteiger partial charge in [0.2, 0.25) is 5.91 Å². The summed E-state index contributed by atoms with van der Waals surface area (Å²) in [7, 11) is -4.54. The molecular formula is C32H34ClN4O5P. The Labute approximate surface area is 255 Å². The summed E-state index contributed by atoms with van der Waals surface area (Å²) in [4.78, 5) is 43.2. The maximum atomic E-state index is 13.3. The molecule has 0 saturated heterocycles. The van der Waals surface area contributed by atoms with Gasteiger partial charge in [0.25, 0.3) is 0 Å². The van der Waals surface area contributed by atoms with Gasteiger partial charge in [-0.15, -0.1) is 0 Å². The van der Waals surface area contributed by atoms with E-state index in [0.717, 1.165) is 27.7 Å². The number of para-hydroxylation sites is 1. The minimum Gasteiger partial charge on any atom is -0.427 e. The topological polar surface area (TPSA) is 130 Å². The van der Waals surface area contributed by atoms with Crippen molar-refractivity contribution >= 4 is 41.8 Å². The molecule has 0 spiro atoms. The highest BCUT2D eigenvalue weighted by molar-refractivity contribution is 7.53. The summed E-state index contributed by atoms with van der Waals surface area (Å²) >= 11 is 6.13. The minimum absolute atomic E-state index is 0.0493. The fourth-order valence-corrected chi connectivity index (χ4v) is 7.02. The van der Waals surface area contributed by atoms with Crippen molar-refractivity contribution in [3.05, 3.63) is 94.5 Å². The van der Waals surface area contributed by atoms with Gasteiger partial charge >= 0.3 is 13.6 Å². The standard InChI is InChI=1S/C32H34ClN4O5P/c1-5-32(6-2,43(39,40)41)24-9-7-8-10-25(24)35-28(38)18-17-27-30(22-12-14-23(33)15-13-22)36-31(42-27)37-19-34-29-21(4)20(3)11-16-26(29)37/h7-16,19H,5-6,17-18H2,1-4H3,(H,35,38)(H2,39,40,41). The Balaban J connectivity index is 1.46. The largest absolute Gasteiger partial charge is 0.427 e. The smallest absolute Gasteiger partial charge is 0.336 e. The van der Waals surface area contributed by atoms with Crippen LogP contribution in [0.25, 0.3) is 28.3 Å². The molecule has 2 heterocycles. The van der Waals surface area contributed by atoms with Crippen molar-refractivity contribution in [2.24, 2.45) is 0 Å². The molecule has 3 N–H and O–H groups in total. The van der Waals surface area contributed by atoms with E-state index in [0.29, 0.717) is 33.7 Å². The number of fused-ring (bicyclic) bond motifs is 1. The van der Waals surface area contributed by atoms with Gasteiger partial charge in [-0.25, -0.2) is 4.98 Å². The van der Waals surface area contributed by atoms with Gasteiger partial charge < -0.3 is 19.5 Å². The Morgan fingerprint density at radius 3 is 2.42 bits per heavy atom. The van der Waals surface area contributed by atoms with E-state index in [-0.39, 0.29) is 31.6 Å². The monoisotopic (exact) mass is 620 g/mol. The Morgan fingerprint density at radius 2 is 1.74 bits per heavy atom. The fraction of sp³-hybridized carbons (Fsp3) is 0.281. The molecule has 43 heavy (non-hydrogen) atoms. The third-order valence-corrected chi connectivity index (χ3v) is 10.5. The number of hydrogen-bond donors (Lipinski definition) is 3. The number of carbonyl (C=O) groups is 1. The number of oxazole rings is 1. The van der Waals surface area contributed by atoms with Gasteiger partial charge in [0.1, 0.15) is 17.8 Å². The van der Waals surface area contributed by atoms with E-state index in [9.17, 15) is 19.1 Å². The highest BCUT2D eigenvalue weighted by Gasteiger charge is 2.46. The second-order valence-corrected chi connectivity index (χ2v) is 13.0. The molecule has 0 radical (unpaired) electrons. The second-order valence-electron chi connectivity index (χ2n) is 10.6. The van der Waals surface area contributed by atoms with E-state index in [2.05, 4.69) is 10.3 Å².